The standard InChI is InChI=1S/C19H19NOS/c1-15-13-20-19(22-15)12-9-16-7-10-18(11-8-16)21-14-17-5-3-2-4-6-17/h2-8,10-11,13H,9,12,14H2,1H3. The maximum atomic E-state index is 5.80. The van der Waals surface area contributed by atoms with E-state index in [0.29, 0.717) is 6.61 Å². The van der Waals surface area contributed by atoms with Gasteiger partial charge in [-0.3, -0.25) is 0 Å². The fourth-order valence-electron chi connectivity index (χ4n) is 2.26. The van der Waals surface area contributed by atoms with E-state index in [2.05, 4.69) is 36.2 Å². The van der Waals surface area contributed by atoms with Crippen molar-refractivity contribution in [3.05, 3.63) is 81.8 Å². The second-order valence-corrected chi connectivity index (χ2v) is 6.60. The molecular weight excluding hydrogens is 290 g/mol. The lowest BCUT2D eigenvalue weighted by Crippen LogP contribution is -1.95. The third-order valence-corrected chi connectivity index (χ3v) is 4.44. The molecule has 3 rings (SSSR count). The summed E-state index contributed by atoms with van der Waals surface area (Å²) >= 11 is 1.78. The minimum absolute atomic E-state index is 0.610. The monoisotopic (exact) mass is 309 g/mol. The average Bonchev–Trinajstić information content (AvgIpc) is 2.98. The normalized spacial score (nSPS) is 10.6. The van der Waals surface area contributed by atoms with Crippen molar-refractivity contribution in [3.8, 4) is 5.75 Å². The van der Waals surface area contributed by atoms with Crippen LogP contribution in [0.3, 0.4) is 0 Å². The third-order valence-electron chi connectivity index (χ3n) is 3.47. The molecule has 1 aromatic heterocycles. The van der Waals surface area contributed by atoms with Crippen LogP contribution in [0.1, 0.15) is 21.0 Å². The zero-order valence-electron chi connectivity index (χ0n) is 12.7. The molecule has 0 fully saturated rings. The van der Waals surface area contributed by atoms with Crippen LogP contribution in [0.2, 0.25) is 0 Å². The van der Waals surface area contributed by atoms with Crippen molar-refractivity contribution in [3.63, 3.8) is 0 Å². The molecule has 0 radical (unpaired) electrons. The summed E-state index contributed by atoms with van der Waals surface area (Å²) in [6.07, 6.45) is 3.97. The molecule has 0 aliphatic rings. The van der Waals surface area contributed by atoms with Crippen molar-refractivity contribution in [1.29, 1.82) is 0 Å². The fourth-order valence-corrected chi connectivity index (χ4v) is 3.05. The van der Waals surface area contributed by atoms with Crippen molar-refractivity contribution in [2.24, 2.45) is 0 Å². The molecule has 22 heavy (non-hydrogen) atoms. The summed E-state index contributed by atoms with van der Waals surface area (Å²) < 4.78 is 5.80. The maximum absolute atomic E-state index is 5.80. The Kier molecular flexibility index (Phi) is 4.86. The van der Waals surface area contributed by atoms with Gasteiger partial charge in [0.05, 0.1) is 5.01 Å². The van der Waals surface area contributed by atoms with Crippen LogP contribution < -0.4 is 4.74 Å². The van der Waals surface area contributed by atoms with E-state index in [-0.39, 0.29) is 0 Å². The molecule has 0 aliphatic carbocycles. The van der Waals surface area contributed by atoms with Crippen LogP contribution in [-0.4, -0.2) is 4.98 Å². The Hall–Kier alpha value is -2.13. The van der Waals surface area contributed by atoms with E-state index in [1.54, 1.807) is 11.3 Å². The van der Waals surface area contributed by atoms with Crippen LogP contribution in [-0.2, 0) is 19.4 Å². The van der Waals surface area contributed by atoms with Crippen molar-refractivity contribution in [2.45, 2.75) is 26.4 Å². The molecule has 3 heteroatoms. The molecule has 3 aromatic rings. The Morgan fingerprint density at radius 1 is 0.909 bits per heavy atom. The molecule has 0 aliphatic heterocycles. The van der Waals surface area contributed by atoms with Crippen LogP contribution in [0.15, 0.2) is 60.8 Å². The predicted octanol–water partition coefficient (Wildman–Crippen LogP) is 4.82. The van der Waals surface area contributed by atoms with Gasteiger partial charge in [0, 0.05) is 17.5 Å². The van der Waals surface area contributed by atoms with Crippen molar-refractivity contribution in [2.75, 3.05) is 0 Å². The molecule has 1 heterocycles. The van der Waals surface area contributed by atoms with Crippen LogP contribution >= 0.6 is 11.3 Å². The Balaban J connectivity index is 1.51. The van der Waals surface area contributed by atoms with Gasteiger partial charge in [-0.15, -0.1) is 11.3 Å². The third kappa shape index (κ3) is 4.18. The number of rotatable bonds is 6. The molecule has 2 nitrogen and oxygen atoms in total. The SMILES string of the molecule is Cc1cnc(CCc2ccc(OCc3ccccc3)cc2)s1. The summed E-state index contributed by atoms with van der Waals surface area (Å²) in [5.74, 6) is 0.915. The van der Waals surface area contributed by atoms with Gasteiger partial charge >= 0.3 is 0 Å². The number of thiazole rings is 1. The number of ether oxygens (including phenoxy) is 1. The molecular formula is C19H19NOS. The first-order valence-electron chi connectivity index (χ1n) is 7.46. The second kappa shape index (κ2) is 7.23. The molecule has 0 saturated heterocycles. The smallest absolute Gasteiger partial charge is 0.119 e. The highest BCUT2D eigenvalue weighted by Gasteiger charge is 2.01. The average molecular weight is 309 g/mol. The number of aryl methyl sites for hydroxylation is 3. The molecule has 0 bridgehead atoms. The fraction of sp³-hybridized carbons (Fsp3) is 0.211. The molecule has 112 valence electrons. The molecule has 0 spiro atoms. The lowest BCUT2D eigenvalue weighted by Gasteiger charge is -2.07. The summed E-state index contributed by atoms with van der Waals surface area (Å²) in [6.45, 7) is 2.71. The van der Waals surface area contributed by atoms with Gasteiger partial charge in [-0.05, 0) is 36.6 Å². The number of hydrogen-bond donors (Lipinski definition) is 0. The first-order valence-corrected chi connectivity index (χ1v) is 8.28. The van der Waals surface area contributed by atoms with Crippen LogP contribution in [0.4, 0.5) is 0 Å². The lowest BCUT2D eigenvalue weighted by atomic mass is 10.1. The van der Waals surface area contributed by atoms with Crippen LogP contribution in [0.25, 0.3) is 0 Å². The van der Waals surface area contributed by atoms with E-state index >= 15 is 0 Å². The highest BCUT2D eigenvalue weighted by Crippen LogP contribution is 2.17. The Morgan fingerprint density at radius 3 is 2.36 bits per heavy atom. The molecule has 0 amide bonds. The van der Waals surface area contributed by atoms with E-state index in [4.69, 9.17) is 4.74 Å². The number of hydrogen-bond acceptors (Lipinski definition) is 3. The molecule has 0 saturated carbocycles. The van der Waals surface area contributed by atoms with Gasteiger partial charge in [0.2, 0.25) is 0 Å². The van der Waals surface area contributed by atoms with Crippen molar-refractivity contribution < 1.29 is 4.74 Å². The van der Waals surface area contributed by atoms with Crippen molar-refractivity contribution >= 4 is 11.3 Å². The number of benzene rings is 2. The predicted molar refractivity (Wildman–Crippen MR) is 91.5 cm³/mol. The quantitative estimate of drug-likeness (QED) is 0.651. The summed E-state index contributed by atoms with van der Waals surface area (Å²) in [6, 6.07) is 18.6. The van der Waals surface area contributed by atoms with Gasteiger partial charge < -0.3 is 4.74 Å². The largest absolute Gasteiger partial charge is 0.489 e. The Bertz CT molecular complexity index is 704. The summed E-state index contributed by atoms with van der Waals surface area (Å²) in [7, 11) is 0. The van der Waals surface area contributed by atoms with Gasteiger partial charge in [0.15, 0.2) is 0 Å². The van der Waals surface area contributed by atoms with Gasteiger partial charge in [-0.1, -0.05) is 42.5 Å². The summed E-state index contributed by atoms with van der Waals surface area (Å²) in [4.78, 5) is 5.68. The van der Waals surface area contributed by atoms with Gasteiger partial charge in [0.25, 0.3) is 0 Å². The molecule has 2 aromatic carbocycles. The van der Waals surface area contributed by atoms with E-state index < -0.39 is 0 Å². The zero-order valence-corrected chi connectivity index (χ0v) is 13.5. The maximum Gasteiger partial charge on any atom is 0.119 e. The van der Waals surface area contributed by atoms with E-state index in [1.165, 1.54) is 21.0 Å². The highest BCUT2D eigenvalue weighted by atomic mass is 32.1. The zero-order chi connectivity index (χ0) is 15.2. The summed E-state index contributed by atoms with van der Waals surface area (Å²) in [5.41, 5.74) is 2.51. The minimum atomic E-state index is 0.610. The Morgan fingerprint density at radius 2 is 1.68 bits per heavy atom. The first kappa shape index (κ1) is 14.8. The lowest BCUT2D eigenvalue weighted by molar-refractivity contribution is 0.306. The minimum Gasteiger partial charge on any atom is -0.489 e. The van der Waals surface area contributed by atoms with E-state index in [0.717, 1.165) is 18.6 Å². The van der Waals surface area contributed by atoms with E-state index in [9.17, 15) is 0 Å². The molecule has 0 atom stereocenters. The Labute approximate surface area is 135 Å². The number of nitrogens with zero attached hydrogens (tertiary/aromatic N) is 1. The molecule has 0 unspecified atom stereocenters. The summed E-state index contributed by atoms with van der Waals surface area (Å²) in [5, 5.41) is 1.21. The van der Waals surface area contributed by atoms with Gasteiger partial charge in [0.1, 0.15) is 12.4 Å². The number of aromatic nitrogens is 1. The highest BCUT2D eigenvalue weighted by molar-refractivity contribution is 7.11. The first-order chi connectivity index (χ1) is 10.8. The van der Waals surface area contributed by atoms with E-state index in [1.807, 2.05) is 36.5 Å². The topological polar surface area (TPSA) is 22.1 Å². The molecule has 0 N–H and O–H groups in total. The second-order valence-electron chi connectivity index (χ2n) is 5.28. The van der Waals surface area contributed by atoms with Crippen molar-refractivity contribution in [1.82, 2.24) is 4.98 Å². The van der Waals surface area contributed by atoms with Crippen LogP contribution in [0, 0.1) is 6.92 Å². The van der Waals surface area contributed by atoms with Gasteiger partial charge in [-0.2, -0.15) is 0 Å². The van der Waals surface area contributed by atoms with Crippen LogP contribution in [0.5, 0.6) is 5.75 Å². The van der Waals surface area contributed by atoms with Gasteiger partial charge in [-0.25, -0.2) is 4.98 Å².